The summed E-state index contributed by atoms with van der Waals surface area (Å²) in [6, 6.07) is 0. The second kappa shape index (κ2) is 64.5. The van der Waals surface area contributed by atoms with Crippen LogP contribution in [0.2, 0.25) is 0 Å². The van der Waals surface area contributed by atoms with Gasteiger partial charge in [-0.05, 0) is 141 Å². The van der Waals surface area contributed by atoms with E-state index >= 15 is 0 Å². The van der Waals surface area contributed by atoms with E-state index in [1.807, 2.05) is 24.3 Å². The quantitative estimate of drug-likeness (QED) is 0.0261. The molecule has 0 aliphatic rings. The van der Waals surface area contributed by atoms with Crippen LogP contribution >= 0.6 is 0 Å². The molecule has 0 saturated heterocycles. The van der Waals surface area contributed by atoms with Gasteiger partial charge in [-0.25, -0.2) is 0 Å². The fourth-order valence-electron chi connectivity index (χ4n) is 7.34. The Balaban J connectivity index is 4.35. The Kier molecular flexibility index (Phi) is 59.6. The van der Waals surface area contributed by atoms with Gasteiger partial charge in [0.05, 0.1) is 0 Å². The molecule has 0 aliphatic carbocycles. The molecule has 0 saturated carbocycles. The molecular weight excluding hydrogens is 973 g/mol. The minimum atomic E-state index is -0.862. The number of allylic oxidation sites excluding steroid dienone is 34. The van der Waals surface area contributed by atoms with Crippen LogP contribution in [0.25, 0.3) is 0 Å². The molecule has 0 amide bonds. The third-order valence-corrected chi connectivity index (χ3v) is 11.8. The van der Waals surface area contributed by atoms with E-state index in [9.17, 15) is 14.4 Å². The van der Waals surface area contributed by atoms with Crippen LogP contribution in [-0.2, 0) is 28.6 Å². The minimum Gasteiger partial charge on any atom is -0.462 e. The maximum Gasteiger partial charge on any atom is 0.306 e. The molecular formula is C73H108O6. The Labute approximate surface area is 483 Å². The average Bonchev–Trinajstić information content (AvgIpc) is 3.45. The highest BCUT2D eigenvalue weighted by molar-refractivity contribution is 5.71. The topological polar surface area (TPSA) is 78.9 Å². The molecule has 0 bridgehead atoms. The van der Waals surface area contributed by atoms with E-state index in [-0.39, 0.29) is 38.0 Å². The van der Waals surface area contributed by atoms with Crippen molar-refractivity contribution in [1.29, 1.82) is 0 Å². The second-order valence-electron chi connectivity index (χ2n) is 19.1. The molecule has 1 atom stereocenters. The molecule has 0 aromatic heterocycles. The molecule has 1 unspecified atom stereocenters. The van der Waals surface area contributed by atoms with Crippen LogP contribution in [0.5, 0.6) is 0 Å². The zero-order valence-corrected chi connectivity index (χ0v) is 49.8. The molecule has 0 fully saturated rings. The largest absolute Gasteiger partial charge is 0.462 e. The number of rotatable bonds is 52. The van der Waals surface area contributed by atoms with Crippen molar-refractivity contribution in [3.05, 3.63) is 207 Å². The lowest BCUT2D eigenvalue weighted by Gasteiger charge is -2.18. The Hall–Kier alpha value is -6.01. The summed E-state index contributed by atoms with van der Waals surface area (Å²) < 4.78 is 16.7. The summed E-state index contributed by atoms with van der Waals surface area (Å²) in [5.74, 6) is -1.14. The zero-order chi connectivity index (χ0) is 57.1. The SMILES string of the molecule is CC/C=C\C/C=C\C/C=C\C/C=C\C/C=C\C/C=C\C/C=C\C/C=C\C/C=C\CCCCCCCCCC(=O)OCC(COC(=O)CC/C=C\C/C=C\C/C=C\C/C=C\CC)OC(=O)CC/C=C\C/C=C\C/C=C\C/C=C\CC. The summed E-state index contributed by atoms with van der Waals surface area (Å²) in [7, 11) is 0. The van der Waals surface area contributed by atoms with Crippen molar-refractivity contribution >= 4 is 17.9 Å². The van der Waals surface area contributed by atoms with Gasteiger partial charge < -0.3 is 14.2 Å². The first-order valence-corrected chi connectivity index (χ1v) is 30.6. The minimum absolute atomic E-state index is 0.146. The van der Waals surface area contributed by atoms with Crippen molar-refractivity contribution in [2.45, 2.75) is 219 Å². The van der Waals surface area contributed by atoms with Crippen LogP contribution in [0.15, 0.2) is 207 Å². The van der Waals surface area contributed by atoms with E-state index in [2.05, 4.69) is 203 Å². The smallest absolute Gasteiger partial charge is 0.306 e. The van der Waals surface area contributed by atoms with Gasteiger partial charge in [0.25, 0.3) is 0 Å². The van der Waals surface area contributed by atoms with Crippen LogP contribution in [0, 0.1) is 0 Å². The van der Waals surface area contributed by atoms with Crippen molar-refractivity contribution in [2.24, 2.45) is 0 Å². The maximum absolute atomic E-state index is 12.8. The van der Waals surface area contributed by atoms with E-state index < -0.39 is 12.1 Å². The lowest BCUT2D eigenvalue weighted by atomic mass is 10.1. The van der Waals surface area contributed by atoms with E-state index in [1.54, 1.807) is 0 Å². The fourth-order valence-corrected chi connectivity index (χ4v) is 7.34. The monoisotopic (exact) mass is 1080 g/mol. The first kappa shape index (κ1) is 73.0. The predicted octanol–water partition coefficient (Wildman–Crippen LogP) is 21.2. The molecule has 0 spiro atoms. The lowest BCUT2D eigenvalue weighted by molar-refractivity contribution is -0.166. The summed E-state index contributed by atoms with van der Waals surface area (Å²) in [5, 5.41) is 0. The van der Waals surface area contributed by atoms with Gasteiger partial charge in [0.15, 0.2) is 6.10 Å². The van der Waals surface area contributed by atoms with Gasteiger partial charge in [0.2, 0.25) is 0 Å². The van der Waals surface area contributed by atoms with Crippen LogP contribution in [0.3, 0.4) is 0 Å². The highest BCUT2D eigenvalue weighted by Gasteiger charge is 2.19. The molecule has 6 heteroatoms. The Morgan fingerprint density at radius 1 is 0.253 bits per heavy atom. The third kappa shape index (κ3) is 62.7. The van der Waals surface area contributed by atoms with Crippen LogP contribution in [0.1, 0.15) is 213 Å². The molecule has 0 aromatic rings. The molecule has 79 heavy (non-hydrogen) atoms. The molecule has 6 nitrogen and oxygen atoms in total. The van der Waals surface area contributed by atoms with E-state index in [0.29, 0.717) is 19.3 Å². The lowest BCUT2D eigenvalue weighted by Crippen LogP contribution is -2.30. The van der Waals surface area contributed by atoms with Crippen molar-refractivity contribution < 1.29 is 28.6 Å². The van der Waals surface area contributed by atoms with Gasteiger partial charge >= 0.3 is 17.9 Å². The Morgan fingerprint density at radius 2 is 0.481 bits per heavy atom. The number of ether oxygens (including phenoxy) is 3. The second-order valence-corrected chi connectivity index (χ2v) is 19.1. The summed E-state index contributed by atoms with van der Waals surface area (Å²) in [4.78, 5) is 38.0. The van der Waals surface area contributed by atoms with Crippen LogP contribution in [-0.4, -0.2) is 37.2 Å². The van der Waals surface area contributed by atoms with Gasteiger partial charge in [-0.15, -0.1) is 0 Å². The van der Waals surface area contributed by atoms with E-state index in [1.165, 1.54) is 19.3 Å². The summed E-state index contributed by atoms with van der Waals surface area (Å²) in [6.45, 7) is 6.12. The number of esters is 3. The third-order valence-electron chi connectivity index (χ3n) is 11.8. The number of carbonyl (C=O) groups excluding carboxylic acids is 3. The highest BCUT2D eigenvalue weighted by atomic mass is 16.6. The molecule has 0 N–H and O–H groups in total. The summed E-state index contributed by atoms with van der Waals surface area (Å²) in [5.41, 5.74) is 0. The normalized spacial score (nSPS) is 13.6. The first-order valence-electron chi connectivity index (χ1n) is 30.6. The maximum atomic E-state index is 12.8. The van der Waals surface area contributed by atoms with Gasteiger partial charge in [0.1, 0.15) is 13.2 Å². The zero-order valence-electron chi connectivity index (χ0n) is 49.8. The number of hydrogen-bond donors (Lipinski definition) is 0. The summed E-state index contributed by atoms with van der Waals surface area (Å²) >= 11 is 0. The molecule has 0 rings (SSSR count). The van der Waals surface area contributed by atoms with Crippen LogP contribution in [0.4, 0.5) is 0 Å². The van der Waals surface area contributed by atoms with Crippen molar-refractivity contribution in [1.82, 2.24) is 0 Å². The van der Waals surface area contributed by atoms with E-state index in [4.69, 9.17) is 14.2 Å². The predicted molar refractivity (Wildman–Crippen MR) is 343 cm³/mol. The number of unbranched alkanes of at least 4 members (excludes halogenated alkanes) is 7. The molecule has 436 valence electrons. The first-order chi connectivity index (χ1) is 39.0. The van der Waals surface area contributed by atoms with Crippen LogP contribution < -0.4 is 0 Å². The Morgan fingerprint density at radius 3 is 0.785 bits per heavy atom. The van der Waals surface area contributed by atoms with Gasteiger partial charge in [0, 0.05) is 19.3 Å². The van der Waals surface area contributed by atoms with Gasteiger partial charge in [-0.2, -0.15) is 0 Å². The highest BCUT2D eigenvalue weighted by Crippen LogP contribution is 2.12. The van der Waals surface area contributed by atoms with Gasteiger partial charge in [-0.3, -0.25) is 14.4 Å². The van der Waals surface area contributed by atoms with Gasteiger partial charge in [-0.1, -0.05) is 259 Å². The van der Waals surface area contributed by atoms with Crippen molar-refractivity contribution in [3.63, 3.8) is 0 Å². The molecule has 0 radical (unpaired) electrons. The fraction of sp³-hybridized carbons (Fsp3) is 0.493. The van der Waals surface area contributed by atoms with Crippen molar-refractivity contribution in [2.75, 3.05) is 13.2 Å². The molecule has 0 aliphatic heterocycles. The standard InChI is InChI=1S/C73H108O6/c1-4-7-10-13-16-19-22-25-26-27-28-29-30-31-32-33-34-35-36-37-38-39-40-41-42-43-44-45-46-49-51-54-57-60-63-66-72(75)78-69-70(79-73(76)67-64-61-58-55-52-48-24-21-18-15-12-9-6-3)68-77-71(74)65-62-59-56-53-50-47-23-20-17-14-11-8-5-2/h7-12,16-21,25-26,28-29,31-32,34-35,37-38,40-41,43-44,47-48,50,52,56,58-59,61,70H,4-6,13-15,22-24,27,30,33,36,39,42,45-46,49,51,53-55,57,60,62-69H2,1-3H3/b10-7-,11-8-,12-9-,19-16-,20-17-,21-18-,26-25-,29-28-,32-31-,35-34-,38-37-,41-40-,44-43-,50-47-,52-48-,59-56-,61-58-. The molecule has 0 heterocycles. The Bertz CT molecular complexity index is 1960. The number of hydrogen-bond acceptors (Lipinski definition) is 6. The van der Waals surface area contributed by atoms with E-state index in [0.717, 1.165) is 141 Å². The molecule has 0 aromatic carbocycles. The average molecular weight is 1080 g/mol. The summed E-state index contributed by atoms with van der Waals surface area (Å²) in [6.07, 6.45) is 100. The number of carbonyl (C=O) groups is 3. The van der Waals surface area contributed by atoms with Crippen molar-refractivity contribution in [3.8, 4) is 0 Å².